The molecule has 2 aromatic heterocycles. The van der Waals surface area contributed by atoms with Gasteiger partial charge in [0.15, 0.2) is 0 Å². The zero-order valence-electron chi connectivity index (χ0n) is 13.9. The number of thioether (sulfide) groups is 1. The van der Waals surface area contributed by atoms with Gasteiger partial charge in [-0.15, -0.1) is 11.8 Å². The van der Waals surface area contributed by atoms with E-state index in [1.54, 1.807) is 0 Å². The van der Waals surface area contributed by atoms with E-state index in [9.17, 15) is 22.8 Å². The molecule has 27 heavy (non-hydrogen) atoms. The van der Waals surface area contributed by atoms with Crippen LogP contribution < -0.4 is 10.6 Å². The summed E-state index contributed by atoms with van der Waals surface area (Å²) in [6, 6.07) is 3.73. The van der Waals surface area contributed by atoms with Crippen molar-refractivity contribution >= 4 is 41.0 Å². The second kappa shape index (κ2) is 9.05. The summed E-state index contributed by atoms with van der Waals surface area (Å²) in [4.78, 5) is 30.7. The first-order chi connectivity index (χ1) is 12.7. The molecule has 0 radical (unpaired) electrons. The van der Waals surface area contributed by atoms with Gasteiger partial charge in [0.2, 0.25) is 5.91 Å². The largest absolute Gasteiger partial charge is 0.417 e. The van der Waals surface area contributed by atoms with Crippen molar-refractivity contribution in [1.82, 2.24) is 15.3 Å². The molecule has 0 bridgehead atoms. The smallest absolute Gasteiger partial charge is 0.351 e. The molecular formula is C16H14ClF3N4O2S. The number of nitrogens with one attached hydrogen (secondary N) is 2. The molecule has 0 aliphatic rings. The van der Waals surface area contributed by atoms with Gasteiger partial charge >= 0.3 is 6.18 Å². The van der Waals surface area contributed by atoms with E-state index in [1.165, 1.54) is 25.3 Å². The number of carbonyl (C=O) groups excluding carboxylic acids is 2. The van der Waals surface area contributed by atoms with E-state index in [1.807, 2.05) is 0 Å². The molecule has 2 N–H and O–H groups in total. The normalized spacial score (nSPS) is 11.1. The van der Waals surface area contributed by atoms with E-state index in [4.69, 9.17) is 11.6 Å². The van der Waals surface area contributed by atoms with Crippen LogP contribution >= 0.6 is 23.4 Å². The Hall–Kier alpha value is -2.33. The molecule has 0 atom stereocenters. The molecule has 2 rings (SSSR count). The Morgan fingerprint density at radius 1 is 1.26 bits per heavy atom. The predicted octanol–water partition coefficient (Wildman–Crippen LogP) is 3.63. The molecule has 144 valence electrons. The number of amides is 2. The monoisotopic (exact) mass is 418 g/mol. The van der Waals surface area contributed by atoms with Crippen LogP contribution in [0.3, 0.4) is 0 Å². The summed E-state index contributed by atoms with van der Waals surface area (Å²) < 4.78 is 37.7. The number of halogens is 4. The minimum absolute atomic E-state index is 0.102. The lowest BCUT2D eigenvalue weighted by atomic mass is 10.2. The SMILES string of the molecule is CC(=O)Nc1cc(C(=O)NCCSc2ncc(C(F)(F)F)cc2Cl)ccn1. The fourth-order valence-corrected chi connectivity index (χ4v) is 2.97. The summed E-state index contributed by atoms with van der Waals surface area (Å²) in [6.45, 7) is 1.56. The molecule has 0 saturated carbocycles. The maximum absolute atomic E-state index is 12.6. The Labute approximate surface area is 161 Å². The van der Waals surface area contributed by atoms with Gasteiger partial charge in [-0.2, -0.15) is 13.2 Å². The van der Waals surface area contributed by atoms with E-state index in [-0.39, 0.29) is 34.2 Å². The van der Waals surface area contributed by atoms with Gasteiger partial charge in [0.05, 0.1) is 10.6 Å². The van der Waals surface area contributed by atoms with Crippen molar-refractivity contribution in [2.45, 2.75) is 18.1 Å². The van der Waals surface area contributed by atoms with Gasteiger partial charge in [-0.3, -0.25) is 9.59 Å². The van der Waals surface area contributed by atoms with E-state index in [2.05, 4.69) is 20.6 Å². The molecule has 11 heteroatoms. The van der Waals surface area contributed by atoms with Crippen molar-refractivity contribution in [2.24, 2.45) is 0 Å². The maximum atomic E-state index is 12.6. The molecular weight excluding hydrogens is 405 g/mol. The van der Waals surface area contributed by atoms with E-state index in [0.29, 0.717) is 17.5 Å². The molecule has 0 saturated heterocycles. The number of aromatic nitrogens is 2. The predicted molar refractivity (Wildman–Crippen MR) is 95.8 cm³/mol. The summed E-state index contributed by atoms with van der Waals surface area (Å²) in [7, 11) is 0. The third-order valence-corrected chi connectivity index (χ3v) is 4.49. The van der Waals surface area contributed by atoms with Crippen molar-refractivity contribution in [3.05, 3.63) is 46.7 Å². The van der Waals surface area contributed by atoms with Gasteiger partial charge in [-0.05, 0) is 18.2 Å². The molecule has 2 aromatic rings. The molecule has 0 unspecified atom stereocenters. The van der Waals surface area contributed by atoms with Gasteiger partial charge in [0.25, 0.3) is 5.91 Å². The Bertz CT molecular complexity index is 849. The highest BCUT2D eigenvalue weighted by molar-refractivity contribution is 7.99. The number of hydrogen-bond acceptors (Lipinski definition) is 5. The quantitative estimate of drug-likeness (QED) is 0.553. The Morgan fingerprint density at radius 3 is 2.63 bits per heavy atom. The second-order valence-corrected chi connectivity index (χ2v) is 6.71. The number of alkyl halides is 3. The fourth-order valence-electron chi connectivity index (χ4n) is 1.92. The van der Waals surface area contributed by atoms with Gasteiger partial charge in [-0.1, -0.05) is 11.6 Å². The summed E-state index contributed by atoms with van der Waals surface area (Å²) in [5.41, 5.74) is -0.609. The van der Waals surface area contributed by atoms with Gasteiger partial charge in [0.1, 0.15) is 10.8 Å². The number of carbonyl (C=O) groups is 2. The number of anilines is 1. The first-order valence-corrected chi connectivity index (χ1v) is 8.90. The van der Waals surface area contributed by atoms with Crippen molar-refractivity contribution in [3.63, 3.8) is 0 Å². The summed E-state index contributed by atoms with van der Waals surface area (Å²) in [5, 5.41) is 5.27. The Kier molecular flexibility index (Phi) is 7.03. The molecule has 0 aromatic carbocycles. The molecule has 2 heterocycles. The Morgan fingerprint density at radius 2 is 2.00 bits per heavy atom. The topological polar surface area (TPSA) is 84.0 Å². The van der Waals surface area contributed by atoms with Crippen LogP contribution in [0.15, 0.2) is 35.6 Å². The number of rotatable bonds is 6. The third-order valence-electron chi connectivity index (χ3n) is 3.09. The molecule has 0 aliphatic carbocycles. The lowest BCUT2D eigenvalue weighted by Gasteiger charge is -2.09. The van der Waals surface area contributed by atoms with Crippen molar-refractivity contribution in [1.29, 1.82) is 0 Å². The molecule has 0 aliphatic heterocycles. The summed E-state index contributed by atoms with van der Waals surface area (Å²) in [6.07, 6.45) is -2.40. The third kappa shape index (κ3) is 6.40. The highest BCUT2D eigenvalue weighted by Gasteiger charge is 2.31. The van der Waals surface area contributed by atoms with Crippen LogP contribution in [0.1, 0.15) is 22.8 Å². The zero-order valence-corrected chi connectivity index (χ0v) is 15.5. The van der Waals surface area contributed by atoms with E-state index >= 15 is 0 Å². The van der Waals surface area contributed by atoms with Crippen molar-refractivity contribution in [3.8, 4) is 0 Å². The van der Waals surface area contributed by atoms with Crippen molar-refractivity contribution in [2.75, 3.05) is 17.6 Å². The lowest BCUT2D eigenvalue weighted by molar-refractivity contribution is -0.137. The average molecular weight is 419 g/mol. The zero-order chi connectivity index (χ0) is 20.0. The van der Waals surface area contributed by atoms with Crippen LogP contribution in [0.2, 0.25) is 5.02 Å². The second-order valence-electron chi connectivity index (χ2n) is 5.22. The molecule has 6 nitrogen and oxygen atoms in total. The van der Waals surface area contributed by atoms with Gasteiger partial charge < -0.3 is 10.6 Å². The highest BCUT2D eigenvalue weighted by atomic mass is 35.5. The van der Waals surface area contributed by atoms with Crippen LogP contribution in [0.5, 0.6) is 0 Å². The van der Waals surface area contributed by atoms with E-state index in [0.717, 1.165) is 17.8 Å². The van der Waals surface area contributed by atoms with Crippen LogP contribution in [0, 0.1) is 0 Å². The van der Waals surface area contributed by atoms with Gasteiger partial charge in [0, 0.05) is 37.2 Å². The maximum Gasteiger partial charge on any atom is 0.417 e. The minimum Gasteiger partial charge on any atom is -0.351 e. The molecule has 0 fully saturated rings. The minimum atomic E-state index is -4.51. The number of nitrogens with zero attached hydrogens (tertiary/aromatic N) is 2. The lowest BCUT2D eigenvalue weighted by Crippen LogP contribution is -2.26. The standard InChI is InChI=1S/C16H14ClF3N4O2S/c1-9(25)24-13-6-10(2-3-21-13)14(26)22-4-5-27-15-12(17)7-11(8-23-15)16(18,19)20/h2-3,6-8H,4-5H2,1H3,(H,22,26)(H,21,24,25). The highest BCUT2D eigenvalue weighted by Crippen LogP contribution is 2.33. The fraction of sp³-hybridized carbons (Fsp3) is 0.250. The molecule has 2 amide bonds. The van der Waals surface area contributed by atoms with Crippen LogP contribution in [0.4, 0.5) is 19.0 Å². The van der Waals surface area contributed by atoms with Crippen molar-refractivity contribution < 1.29 is 22.8 Å². The first kappa shape index (κ1) is 21.0. The van der Waals surface area contributed by atoms with Crippen LogP contribution in [-0.4, -0.2) is 34.1 Å². The van der Waals surface area contributed by atoms with Crippen LogP contribution in [0.25, 0.3) is 0 Å². The van der Waals surface area contributed by atoms with E-state index < -0.39 is 11.7 Å². The van der Waals surface area contributed by atoms with Gasteiger partial charge in [-0.25, -0.2) is 9.97 Å². The Balaban J connectivity index is 1.86. The van der Waals surface area contributed by atoms with Crippen LogP contribution in [-0.2, 0) is 11.0 Å². The number of hydrogen-bond donors (Lipinski definition) is 2. The summed E-state index contributed by atoms with van der Waals surface area (Å²) in [5.74, 6) is -0.0771. The molecule has 0 spiro atoms. The summed E-state index contributed by atoms with van der Waals surface area (Å²) >= 11 is 6.94. The average Bonchev–Trinajstić information content (AvgIpc) is 2.58. The first-order valence-electron chi connectivity index (χ1n) is 7.54. The number of pyridine rings is 2.